The molecule has 5 nitrogen and oxygen atoms in total. The van der Waals surface area contributed by atoms with Crippen LogP contribution in [-0.2, 0) is 4.74 Å². The lowest BCUT2D eigenvalue weighted by atomic mass is 9.96. The minimum atomic E-state index is -0.422. The van der Waals surface area contributed by atoms with Gasteiger partial charge in [-0.1, -0.05) is 66.7 Å². The smallest absolute Gasteiger partial charge is 0.358 e. The Balaban J connectivity index is 1.76. The molecule has 0 bridgehead atoms. The van der Waals surface area contributed by atoms with Crippen LogP contribution in [-0.4, -0.2) is 27.8 Å². The van der Waals surface area contributed by atoms with Gasteiger partial charge in [-0.2, -0.15) is 0 Å². The number of aromatic nitrogens is 2. The molecule has 0 radical (unpaired) electrons. The molecular formula is C27H23N3O2. The number of fused-ring (bicyclic) bond motifs is 3. The van der Waals surface area contributed by atoms with E-state index in [0.717, 1.165) is 39.3 Å². The molecule has 3 aromatic carbocycles. The molecule has 5 heteroatoms. The Morgan fingerprint density at radius 2 is 1.62 bits per heavy atom. The van der Waals surface area contributed by atoms with Gasteiger partial charge in [-0.3, -0.25) is 9.56 Å². The van der Waals surface area contributed by atoms with Crippen LogP contribution in [0.2, 0.25) is 0 Å². The summed E-state index contributed by atoms with van der Waals surface area (Å²) < 4.78 is 7.23. The molecule has 1 aromatic heterocycles. The molecule has 0 saturated carbocycles. The van der Waals surface area contributed by atoms with Crippen LogP contribution < -0.4 is 0 Å². The van der Waals surface area contributed by atoms with Gasteiger partial charge in [0.25, 0.3) is 0 Å². The summed E-state index contributed by atoms with van der Waals surface area (Å²) in [6.07, 6.45) is 1.70. The van der Waals surface area contributed by atoms with Gasteiger partial charge >= 0.3 is 5.97 Å². The normalized spacial score (nSPS) is 14.7. The highest BCUT2D eigenvalue weighted by Gasteiger charge is 2.29. The van der Waals surface area contributed by atoms with Crippen molar-refractivity contribution in [2.24, 2.45) is 4.99 Å². The molecule has 0 spiro atoms. The maximum Gasteiger partial charge on any atom is 0.358 e. The van der Waals surface area contributed by atoms with E-state index in [2.05, 4.69) is 47.4 Å². The van der Waals surface area contributed by atoms with E-state index in [1.807, 2.05) is 47.9 Å². The minimum absolute atomic E-state index is 0.278. The number of hydrogen-bond acceptors (Lipinski definition) is 4. The quantitative estimate of drug-likeness (QED) is 0.401. The largest absolute Gasteiger partial charge is 0.461 e. The van der Waals surface area contributed by atoms with Crippen molar-refractivity contribution in [1.82, 2.24) is 9.55 Å². The van der Waals surface area contributed by atoms with Crippen LogP contribution in [0.5, 0.6) is 0 Å². The van der Waals surface area contributed by atoms with Crippen LogP contribution in [0.1, 0.15) is 47.2 Å². The first kappa shape index (κ1) is 19.9. The molecule has 1 aliphatic rings. The zero-order chi connectivity index (χ0) is 22.1. The molecule has 0 saturated heterocycles. The van der Waals surface area contributed by atoms with Crippen molar-refractivity contribution in [2.75, 3.05) is 6.61 Å². The van der Waals surface area contributed by atoms with E-state index in [1.54, 1.807) is 13.3 Å². The highest BCUT2D eigenvalue weighted by Crippen LogP contribution is 2.34. The maximum atomic E-state index is 12.6. The van der Waals surface area contributed by atoms with Gasteiger partial charge in [-0.05, 0) is 37.1 Å². The third kappa shape index (κ3) is 3.42. The average molecular weight is 422 g/mol. The zero-order valence-corrected chi connectivity index (χ0v) is 18.0. The summed E-state index contributed by atoms with van der Waals surface area (Å²) in [7, 11) is 0. The summed E-state index contributed by atoms with van der Waals surface area (Å²) in [6, 6.07) is 26.5. The Kier molecular flexibility index (Phi) is 5.15. The van der Waals surface area contributed by atoms with Crippen molar-refractivity contribution >= 4 is 11.7 Å². The monoisotopic (exact) mass is 421 g/mol. The molecular weight excluding hydrogens is 398 g/mol. The van der Waals surface area contributed by atoms with Crippen LogP contribution in [0.3, 0.4) is 0 Å². The van der Waals surface area contributed by atoms with Crippen molar-refractivity contribution in [3.63, 3.8) is 0 Å². The Hall–Kier alpha value is -3.99. The topological polar surface area (TPSA) is 56.5 Å². The van der Waals surface area contributed by atoms with E-state index < -0.39 is 5.97 Å². The molecule has 1 aliphatic heterocycles. The number of carbonyl (C=O) groups excluding carboxylic acids is 1. The molecule has 0 unspecified atom stereocenters. The minimum Gasteiger partial charge on any atom is -0.461 e. The standard InChI is InChI=1S/C27H23N3O2/c1-3-32-27(31)25-26-18(2)29-24(20-12-8-5-9-13-20)22-16-21(19-10-6-4-7-11-19)14-15-23(22)30(26)17-28-25/h4-18H,3H2,1-2H3/t18-/m1/s1. The molecule has 1 atom stereocenters. The molecule has 0 fully saturated rings. The second-order valence-corrected chi connectivity index (χ2v) is 7.69. The van der Waals surface area contributed by atoms with Crippen LogP contribution in [0.25, 0.3) is 16.8 Å². The van der Waals surface area contributed by atoms with E-state index >= 15 is 0 Å². The number of imidazole rings is 1. The van der Waals surface area contributed by atoms with E-state index in [9.17, 15) is 4.79 Å². The van der Waals surface area contributed by atoms with Crippen LogP contribution in [0, 0.1) is 0 Å². The molecule has 2 heterocycles. The third-order valence-corrected chi connectivity index (χ3v) is 5.66. The van der Waals surface area contributed by atoms with Gasteiger partial charge in [0.1, 0.15) is 6.33 Å². The number of esters is 1. The number of carbonyl (C=O) groups is 1. The Morgan fingerprint density at radius 3 is 2.31 bits per heavy atom. The Bertz CT molecular complexity index is 1310. The second kappa shape index (κ2) is 8.27. The SMILES string of the molecule is CCOC(=O)c1ncn2c1[C@@H](C)N=C(c1ccccc1)c1cc(-c3ccccc3)ccc1-2. The van der Waals surface area contributed by atoms with Gasteiger partial charge in [0.15, 0.2) is 5.69 Å². The molecule has 0 aliphatic carbocycles. The van der Waals surface area contributed by atoms with E-state index in [1.165, 1.54) is 0 Å². The fourth-order valence-electron chi connectivity index (χ4n) is 4.20. The summed E-state index contributed by atoms with van der Waals surface area (Å²) in [6.45, 7) is 4.08. The third-order valence-electron chi connectivity index (χ3n) is 5.66. The number of ether oxygens (including phenoxy) is 1. The first-order valence-electron chi connectivity index (χ1n) is 10.7. The molecule has 0 amide bonds. The number of aliphatic imine (C=N–C) groups is 1. The van der Waals surface area contributed by atoms with Crippen molar-refractivity contribution in [2.45, 2.75) is 19.9 Å². The number of hydrogen-bond donors (Lipinski definition) is 0. The first-order chi connectivity index (χ1) is 15.7. The predicted octanol–water partition coefficient (Wildman–Crippen LogP) is 5.63. The first-order valence-corrected chi connectivity index (χ1v) is 10.7. The Labute approximate surface area is 187 Å². The summed E-state index contributed by atoms with van der Waals surface area (Å²) in [5.74, 6) is -0.422. The maximum absolute atomic E-state index is 12.6. The van der Waals surface area contributed by atoms with Gasteiger partial charge in [0.05, 0.1) is 29.7 Å². The fourth-order valence-corrected chi connectivity index (χ4v) is 4.20. The van der Waals surface area contributed by atoms with Crippen LogP contribution >= 0.6 is 0 Å². The summed E-state index contributed by atoms with van der Waals surface area (Å²) in [4.78, 5) is 22.1. The predicted molar refractivity (Wildman–Crippen MR) is 125 cm³/mol. The van der Waals surface area contributed by atoms with Gasteiger partial charge in [-0.25, -0.2) is 9.78 Å². The van der Waals surface area contributed by atoms with Gasteiger partial charge in [0, 0.05) is 11.1 Å². The number of benzene rings is 3. The van der Waals surface area contributed by atoms with Crippen molar-refractivity contribution < 1.29 is 9.53 Å². The lowest BCUT2D eigenvalue weighted by molar-refractivity contribution is 0.0518. The molecule has 32 heavy (non-hydrogen) atoms. The molecule has 0 N–H and O–H groups in total. The van der Waals surface area contributed by atoms with Crippen LogP contribution in [0.4, 0.5) is 0 Å². The van der Waals surface area contributed by atoms with Crippen molar-refractivity contribution in [3.05, 3.63) is 108 Å². The van der Waals surface area contributed by atoms with Gasteiger partial charge in [-0.15, -0.1) is 0 Å². The molecule has 158 valence electrons. The highest BCUT2D eigenvalue weighted by molar-refractivity contribution is 6.16. The molecule has 4 aromatic rings. The Morgan fingerprint density at radius 1 is 0.938 bits per heavy atom. The van der Waals surface area contributed by atoms with E-state index in [0.29, 0.717) is 12.3 Å². The van der Waals surface area contributed by atoms with Crippen molar-refractivity contribution in [1.29, 1.82) is 0 Å². The van der Waals surface area contributed by atoms with E-state index in [-0.39, 0.29) is 6.04 Å². The van der Waals surface area contributed by atoms with Gasteiger partial charge < -0.3 is 4.74 Å². The summed E-state index contributed by atoms with van der Waals surface area (Å²) in [5, 5.41) is 0. The zero-order valence-electron chi connectivity index (χ0n) is 18.0. The highest BCUT2D eigenvalue weighted by atomic mass is 16.5. The molecule has 5 rings (SSSR count). The summed E-state index contributed by atoms with van der Waals surface area (Å²) in [5.41, 5.74) is 7.16. The fraction of sp³-hybridized carbons (Fsp3) is 0.148. The second-order valence-electron chi connectivity index (χ2n) is 7.69. The number of nitrogens with zero attached hydrogens (tertiary/aromatic N) is 3. The average Bonchev–Trinajstić information content (AvgIpc) is 3.24. The van der Waals surface area contributed by atoms with Crippen LogP contribution in [0.15, 0.2) is 90.2 Å². The lowest BCUT2D eigenvalue weighted by Crippen LogP contribution is -2.11. The number of rotatable bonds is 4. The summed E-state index contributed by atoms with van der Waals surface area (Å²) >= 11 is 0. The van der Waals surface area contributed by atoms with E-state index in [4.69, 9.17) is 9.73 Å². The van der Waals surface area contributed by atoms with Crippen molar-refractivity contribution in [3.8, 4) is 16.8 Å². The van der Waals surface area contributed by atoms with Gasteiger partial charge in [0.2, 0.25) is 0 Å². The lowest BCUT2D eigenvalue weighted by Gasteiger charge is -2.14.